The van der Waals surface area contributed by atoms with Gasteiger partial charge in [0.2, 0.25) is 0 Å². The van der Waals surface area contributed by atoms with Crippen LogP contribution in [0.4, 0.5) is 0 Å². The first-order valence-electron chi connectivity index (χ1n) is 9.98. The van der Waals surface area contributed by atoms with E-state index in [1.807, 2.05) is 66.7 Å². The summed E-state index contributed by atoms with van der Waals surface area (Å²) in [5.74, 6) is -0.479. The Bertz CT molecular complexity index is 1600. The molecule has 0 unspecified atom stereocenters. The maximum Gasteiger partial charge on any atom is 0.306 e. The summed E-state index contributed by atoms with van der Waals surface area (Å²) < 4.78 is 1.11. The monoisotopic (exact) mass is 422 g/mol. The summed E-state index contributed by atoms with van der Waals surface area (Å²) >= 11 is 0. The van der Waals surface area contributed by atoms with E-state index in [0.29, 0.717) is 22.2 Å². The van der Waals surface area contributed by atoms with Gasteiger partial charge in [0.15, 0.2) is 0 Å². The molecule has 0 fully saturated rings. The maximum absolute atomic E-state index is 13.7. The molecule has 7 nitrogen and oxygen atoms in total. The van der Waals surface area contributed by atoms with Crippen LogP contribution < -0.4 is 11.0 Å². The van der Waals surface area contributed by atoms with Gasteiger partial charge >= 0.3 is 5.56 Å². The van der Waals surface area contributed by atoms with Gasteiger partial charge in [0.05, 0.1) is 16.8 Å². The first kappa shape index (κ1) is 19.4. The molecule has 156 valence electrons. The van der Waals surface area contributed by atoms with Crippen molar-refractivity contribution < 1.29 is 9.63 Å². The van der Waals surface area contributed by atoms with E-state index < -0.39 is 11.5 Å². The number of rotatable bonds is 3. The molecular weight excluding hydrogens is 404 g/mol. The molecule has 1 N–H and O–H groups in total. The van der Waals surface area contributed by atoms with Crippen LogP contribution in [0.15, 0.2) is 95.0 Å². The average Bonchev–Trinajstić information content (AvgIpc) is 3.22. The summed E-state index contributed by atoms with van der Waals surface area (Å²) in [5, 5.41) is 5.20. The second-order valence-electron chi connectivity index (χ2n) is 7.13. The molecule has 5 rings (SSSR count). The van der Waals surface area contributed by atoms with E-state index in [4.69, 9.17) is 4.84 Å². The summed E-state index contributed by atoms with van der Waals surface area (Å²) in [6, 6.07) is 24.1. The van der Waals surface area contributed by atoms with Gasteiger partial charge < -0.3 is 9.82 Å². The topological polar surface area (TPSA) is 89.3 Å². The first-order valence-corrected chi connectivity index (χ1v) is 9.98. The van der Waals surface area contributed by atoms with Crippen LogP contribution in [0.25, 0.3) is 33.1 Å². The fourth-order valence-corrected chi connectivity index (χ4v) is 3.82. The van der Waals surface area contributed by atoms with Gasteiger partial charge in [-0.1, -0.05) is 71.9 Å². The molecule has 0 radical (unpaired) electrons. The zero-order chi connectivity index (χ0) is 22.1. The summed E-state index contributed by atoms with van der Waals surface area (Å²) in [6.07, 6.45) is 1.61. The molecule has 2 aromatic heterocycles. The number of carbonyl (C=O) groups is 1. The number of hydrogen-bond donors (Lipinski definition) is 1. The van der Waals surface area contributed by atoms with E-state index in [9.17, 15) is 9.59 Å². The Kier molecular flexibility index (Phi) is 4.84. The van der Waals surface area contributed by atoms with Gasteiger partial charge in [-0.05, 0) is 12.1 Å². The molecule has 0 aliphatic rings. The SMILES string of the molecule is CON=c1nc(-c2ccccc2)c2ccccc2n(C(=O)c2c[nH]c3ccccc23)c1=O. The number of H-pyrrole nitrogens is 1. The van der Waals surface area contributed by atoms with E-state index in [-0.39, 0.29) is 5.49 Å². The normalized spacial score (nSPS) is 11.7. The van der Waals surface area contributed by atoms with Gasteiger partial charge in [0.25, 0.3) is 11.4 Å². The Morgan fingerprint density at radius 1 is 0.938 bits per heavy atom. The highest BCUT2D eigenvalue weighted by Gasteiger charge is 2.20. The first-order chi connectivity index (χ1) is 15.7. The molecule has 7 heteroatoms. The molecular formula is C25H18N4O3. The lowest BCUT2D eigenvalue weighted by atomic mass is 10.1. The van der Waals surface area contributed by atoms with Gasteiger partial charge in [-0.3, -0.25) is 9.59 Å². The standard InChI is InChI=1S/C25H18N4O3/c1-32-28-23-25(31)29(24(30)19-15-26-20-13-7-5-11-17(19)20)21-14-8-6-12-18(21)22(27-23)16-9-3-2-4-10-16/h2-15,26H,1H3. The van der Waals surface area contributed by atoms with Crippen LogP contribution in [0.3, 0.4) is 0 Å². The molecule has 0 saturated carbocycles. The predicted molar refractivity (Wildman–Crippen MR) is 122 cm³/mol. The van der Waals surface area contributed by atoms with Crippen molar-refractivity contribution in [3.05, 3.63) is 106 Å². The second-order valence-corrected chi connectivity index (χ2v) is 7.13. The Hall–Kier alpha value is -4.52. The van der Waals surface area contributed by atoms with Crippen LogP contribution in [0, 0.1) is 0 Å². The van der Waals surface area contributed by atoms with E-state index in [0.717, 1.165) is 21.0 Å². The Labute approximate surface area is 182 Å². The van der Waals surface area contributed by atoms with Crippen molar-refractivity contribution in [3.63, 3.8) is 0 Å². The second kappa shape index (κ2) is 7.96. The van der Waals surface area contributed by atoms with Crippen molar-refractivity contribution >= 4 is 27.7 Å². The molecule has 3 aromatic carbocycles. The summed E-state index contributed by atoms with van der Waals surface area (Å²) in [7, 11) is 1.34. The number of hydrogen-bond acceptors (Lipinski definition) is 5. The Balaban J connectivity index is 1.92. The van der Waals surface area contributed by atoms with Gasteiger partial charge in [-0.2, -0.15) is 0 Å². The summed E-state index contributed by atoms with van der Waals surface area (Å²) in [6.45, 7) is 0. The maximum atomic E-state index is 13.7. The third-order valence-corrected chi connectivity index (χ3v) is 5.26. The van der Waals surface area contributed by atoms with Crippen LogP contribution in [-0.4, -0.2) is 27.6 Å². The molecule has 0 bridgehead atoms. The Morgan fingerprint density at radius 3 is 2.41 bits per heavy atom. The van der Waals surface area contributed by atoms with Crippen LogP contribution in [0.5, 0.6) is 0 Å². The van der Waals surface area contributed by atoms with Crippen LogP contribution in [0.2, 0.25) is 0 Å². The Morgan fingerprint density at radius 2 is 1.62 bits per heavy atom. The van der Waals surface area contributed by atoms with Crippen LogP contribution >= 0.6 is 0 Å². The number of benzene rings is 3. The quantitative estimate of drug-likeness (QED) is 0.449. The minimum absolute atomic E-state index is 0.212. The number of fused-ring (bicyclic) bond motifs is 2. The van der Waals surface area contributed by atoms with Crippen molar-refractivity contribution in [1.29, 1.82) is 0 Å². The largest absolute Gasteiger partial charge is 0.397 e. The van der Waals surface area contributed by atoms with E-state index in [1.54, 1.807) is 18.3 Å². The highest BCUT2D eigenvalue weighted by atomic mass is 16.6. The third-order valence-electron chi connectivity index (χ3n) is 5.26. The number of aromatic amines is 1. The fraction of sp³-hybridized carbons (Fsp3) is 0.0400. The van der Waals surface area contributed by atoms with E-state index in [2.05, 4.69) is 15.1 Å². The number of carbonyl (C=O) groups excluding carboxylic acids is 1. The molecule has 0 aliphatic heterocycles. The number of para-hydroxylation sites is 2. The lowest BCUT2D eigenvalue weighted by Gasteiger charge is -2.06. The molecule has 5 aromatic rings. The van der Waals surface area contributed by atoms with Crippen molar-refractivity contribution in [2.24, 2.45) is 5.16 Å². The van der Waals surface area contributed by atoms with Crippen molar-refractivity contribution in [3.8, 4) is 11.3 Å². The smallest absolute Gasteiger partial charge is 0.306 e. The molecule has 0 aliphatic carbocycles. The fourth-order valence-electron chi connectivity index (χ4n) is 3.82. The number of aromatic nitrogens is 3. The minimum Gasteiger partial charge on any atom is -0.397 e. The highest BCUT2D eigenvalue weighted by molar-refractivity contribution is 6.10. The average molecular weight is 422 g/mol. The van der Waals surface area contributed by atoms with Gasteiger partial charge in [-0.25, -0.2) is 9.55 Å². The van der Waals surface area contributed by atoms with Crippen molar-refractivity contribution in [1.82, 2.24) is 14.5 Å². The lowest BCUT2D eigenvalue weighted by Crippen LogP contribution is -2.38. The molecule has 0 spiro atoms. The zero-order valence-corrected chi connectivity index (χ0v) is 17.1. The summed E-state index contributed by atoms with van der Waals surface area (Å²) in [5.41, 5.74) is 2.05. The predicted octanol–water partition coefficient (Wildman–Crippen LogP) is 3.70. The van der Waals surface area contributed by atoms with E-state index in [1.165, 1.54) is 7.11 Å². The summed E-state index contributed by atoms with van der Waals surface area (Å²) in [4.78, 5) is 39.8. The third kappa shape index (κ3) is 3.16. The van der Waals surface area contributed by atoms with Crippen LogP contribution in [-0.2, 0) is 4.84 Å². The van der Waals surface area contributed by atoms with Crippen molar-refractivity contribution in [2.75, 3.05) is 7.11 Å². The minimum atomic E-state index is -0.666. The number of nitrogens with zero attached hydrogens (tertiary/aromatic N) is 3. The van der Waals surface area contributed by atoms with Gasteiger partial charge in [-0.15, -0.1) is 0 Å². The molecule has 0 atom stereocenters. The molecule has 0 saturated heterocycles. The van der Waals surface area contributed by atoms with E-state index >= 15 is 0 Å². The van der Waals surface area contributed by atoms with Gasteiger partial charge in [0.1, 0.15) is 7.11 Å². The zero-order valence-electron chi connectivity index (χ0n) is 17.1. The molecule has 32 heavy (non-hydrogen) atoms. The lowest BCUT2D eigenvalue weighted by molar-refractivity contribution is 0.0962. The number of nitrogens with one attached hydrogen (secondary N) is 1. The molecule has 0 amide bonds. The van der Waals surface area contributed by atoms with Gasteiger partial charge in [0, 0.05) is 28.0 Å². The molecule has 2 heterocycles. The van der Waals surface area contributed by atoms with Crippen molar-refractivity contribution in [2.45, 2.75) is 0 Å². The highest BCUT2D eigenvalue weighted by Crippen LogP contribution is 2.25. The van der Waals surface area contributed by atoms with Crippen LogP contribution in [0.1, 0.15) is 10.4 Å².